The van der Waals surface area contributed by atoms with Gasteiger partial charge in [0.05, 0.1) is 31.6 Å². The van der Waals surface area contributed by atoms with Crippen LogP contribution in [0.4, 0.5) is 8.78 Å². The Morgan fingerprint density at radius 3 is 1.77 bits per heavy atom. The van der Waals surface area contributed by atoms with Crippen LogP contribution in [-0.4, -0.2) is 147 Å². The number of benzene rings is 3. The van der Waals surface area contributed by atoms with Crippen molar-refractivity contribution in [2.24, 2.45) is 0 Å². The van der Waals surface area contributed by atoms with E-state index in [2.05, 4.69) is 20.6 Å². The number of rotatable bonds is 10. The molecule has 9 atom stereocenters. The standard InChI is InChI=1S/C38H40F2N8O9/c1-45(31-15-28(33(51)29(18-49)56-31)47-16-26(41-43-47)22-5-3-7-24(39)13-22)36(54)20-9-11-21(12-10-20)37(55)46(2)38-35(53)32(34(52)30(19-50)57-38)48-17-27(42-44-48)23-6-4-8-25(40)14-23/h3-14,16-17,28-35,38,49-53H,15,18-19H2,1-2H3/t28?,29?,30?,31-,32?,33-,34+,35?,38-/m1/s1. The van der Waals surface area contributed by atoms with Crippen molar-refractivity contribution in [3.63, 3.8) is 0 Å². The first-order valence-corrected chi connectivity index (χ1v) is 17.9. The lowest BCUT2D eigenvalue weighted by molar-refractivity contribution is -0.235. The van der Waals surface area contributed by atoms with Crippen LogP contribution in [0, 0.1) is 11.6 Å². The predicted octanol–water partition coefficient (Wildman–Crippen LogP) is 1.02. The minimum atomic E-state index is -1.57. The Hall–Kier alpha value is -5.54. The summed E-state index contributed by atoms with van der Waals surface area (Å²) in [6.07, 6.45) is -5.87. The second-order valence-electron chi connectivity index (χ2n) is 13.9. The average molecular weight is 791 g/mol. The lowest BCUT2D eigenvalue weighted by Crippen LogP contribution is -2.61. The van der Waals surface area contributed by atoms with Gasteiger partial charge in [-0.05, 0) is 48.5 Å². The maximum absolute atomic E-state index is 13.9. The maximum atomic E-state index is 13.9. The van der Waals surface area contributed by atoms with Gasteiger partial charge in [-0.15, -0.1) is 10.2 Å². The van der Waals surface area contributed by atoms with E-state index in [9.17, 15) is 43.9 Å². The number of carbonyl (C=O) groups is 2. The van der Waals surface area contributed by atoms with E-state index in [0.29, 0.717) is 16.8 Å². The number of carbonyl (C=O) groups excluding carboxylic acids is 2. The monoisotopic (exact) mass is 790 g/mol. The molecule has 0 radical (unpaired) electrons. The minimum Gasteiger partial charge on any atom is -0.394 e. The van der Waals surface area contributed by atoms with E-state index >= 15 is 0 Å². The number of aliphatic hydroxyl groups excluding tert-OH is 5. The smallest absolute Gasteiger partial charge is 0.255 e. The van der Waals surface area contributed by atoms with Crippen molar-refractivity contribution in [2.45, 2.75) is 61.5 Å². The fourth-order valence-electron chi connectivity index (χ4n) is 7.14. The van der Waals surface area contributed by atoms with Crippen LogP contribution >= 0.6 is 0 Å². The summed E-state index contributed by atoms with van der Waals surface area (Å²) in [7, 11) is 2.85. The highest BCUT2D eigenvalue weighted by atomic mass is 19.1. The Morgan fingerprint density at radius 2 is 1.23 bits per heavy atom. The first-order valence-electron chi connectivity index (χ1n) is 17.9. The molecular formula is C38H40F2N8O9. The van der Waals surface area contributed by atoms with Crippen LogP contribution in [0.3, 0.4) is 0 Å². The zero-order valence-electron chi connectivity index (χ0n) is 30.6. The van der Waals surface area contributed by atoms with Gasteiger partial charge in [0.15, 0.2) is 6.23 Å². The molecule has 17 nitrogen and oxygen atoms in total. The molecule has 5 N–H and O–H groups in total. The van der Waals surface area contributed by atoms with Crippen LogP contribution in [0.5, 0.6) is 0 Å². The number of aromatic nitrogens is 6. The molecule has 2 aliphatic rings. The molecule has 3 aromatic carbocycles. The molecular weight excluding hydrogens is 750 g/mol. The Morgan fingerprint density at radius 1 is 0.719 bits per heavy atom. The summed E-state index contributed by atoms with van der Waals surface area (Å²) < 4.78 is 42.0. The molecule has 0 saturated carbocycles. The van der Waals surface area contributed by atoms with E-state index in [4.69, 9.17) is 9.47 Å². The van der Waals surface area contributed by atoms with E-state index in [1.54, 1.807) is 12.1 Å². The molecule has 0 aliphatic carbocycles. The third-order valence-electron chi connectivity index (χ3n) is 10.3. The molecule has 5 aromatic rings. The van der Waals surface area contributed by atoms with Gasteiger partial charge >= 0.3 is 0 Å². The third-order valence-corrected chi connectivity index (χ3v) is 10.3. The summed E-state index contributed by atoms with van der Waals surface area (Å²) in [5.74, 6) is -2.08. The third kappa shape index (κ3) is 7.90. The van der Waals surface area contributed by atoms with Crippen LogP contribution in [0.15, 0.2) is 85.2 Å². The SMILES string of the molecule is CN(C(=O)c1ccc(C(=O)N(C)[C@H]2CC(n3cc(-c4cccc(F)c4)nn3)[C@@H](O)C(CO)O2)cc1)[C@@H]1OC(CO)[C@H](O)C(n2cc(-c3cccc(F)c3)nn2)C1O. The van der Waals surface area contributed by atoms with Crippen LogP contribution in [0.25, 0.3) is 22.5 Å². The van der Waals surface area contributed by atoms with E-state index < -0.39 is 91.7 Å². The van der Waals surface area contributed by atoms with Crippen molar-refractivity contribution in [1.82, 2.24) is 39.8 Å². The lowest BCUT2D eigenvalue weighted by atomic mass is 9.94. The number of hydrogen-bond acceptors (Lipinski definition) is 13. The van der Waals surface area contributed by atoms with Gasteiger partial charge in [-0.1, -0.05) is 34.7 Å². The molecule has 0 bridgehead atoms. The Bertz CT molecular complexity index is 2210. The molecule has 19 heteroatoms. The molecule has 2 amide bonds. The summed E-state index contributed by atoms with van der Waals surface area (Å²) in [5, 5.41) is 69.9. The van der Waals surface area contributed by atoms with Gasteiger partial charge in [0.2, 0.25) is 0 Å². The topological polar surface area (TPSA) is 222 Å². The van der Waals surface area contributed by atoms with Crippen LogP contribution < -0.4 is 0 Å². The fourth-order valence-corrected chi connectivity index (χ4v) is 7.14. The molecule has 0 spiro atoms. The average Bonchev–Trinajstić information content (AvgIpc) is 3.92. The molecule has 4 heterocycles. The molecule has 2 aromatic heterocycles. The predicted molar refractivity (Wildman–Crippen MR) is 194 cm³/mol. The number of nitrogens with zero attached hydrogens (tertiary/aromatic N) is 8. The van der Waals surface area contributed by atoms with Gasteiger partial charge in [-0.25, -0.2) is 18.1 Å². The van der Waals surface area contributed by atoms with Gasteiger partial charge in [-0.2, -0.15) is 0 Å². The molecule has 2 fully saturated rings. The highest BCUT2D eigenvalue weighted by Crippen LogP contribution is 2.34. The van der Waals surface area contributed by atoms with E-state index in [-0.39, 0.29) is 23.2 Å². The zero-order chi connectivity index (χ0) is 40.5. The van der Waals surface area contributed by atoms with E-state index in [0.717, 1.165) is 4.90 Å². The Labute approximate surface area is 323 Å². The minimum absolute atomic E-state index is 0.0577. The van der Waals surface area contributed by atoms with Gasteiger partial charge in [0.25, 0.3) is 11.8 Å². The van der Waals surface area contributed by atoms with Crippen molar-refractivity contribution in [3.05, 3.63) is 108 Å². The van der Waals surface area contributed by atoms with Gasteiger partial charge in [-0.3, -0.25) is 9.59 Å². The highest BCUT2D eigenvalue weighted by Gasteiger charge is 2.48. The van der Waals surface area contributed by atoms with Gasteiger partial charge in [0.1, 0.15) is 65.8 Å². The Kier molecular flexibility index (Phi) is 11.5. The molecule has 300 valence electrons. The van der Waals surface area contributed by atoms with Gasteiger partial charge < -0.3 is 44.8 Å². The molecule has 2 saturated heterocycles. The number of ether oxygens (including phenoxy) is 2. The summed E-state index contributed by atoms with van der Waals surface area (Å²) >= 11 is 0. The van der Waals surface area contributed by atoms with Crippen molar-refractivity contribution >= 4 is 11.8 Å². The number of halogens is 2. The van der Waals surface area contributed by atoms with Crippen molar-refractivity contribution in [2.75, 3.05) is 27.3 Å². The summed E-state index contributed by atoms with van der Waals surface area (Å²) in [6, 6.07) is 15.1. The molecule has 57 heavy (non-hydrogen) atoms. The summed E-state index contributed by atoms with van der Waals surface area (Å²) in [6.45, 7) is -1.21. The molecule has 5 unspecified atom stereocenters. The van der Waals surface area contributed by atoms with Crippen molar-refractivity contribution < 1.29 is 53.4 Å². The quantitative estimate of drug-likeness (QED) is 0.134. The van der Waals surface area contributed by atoms with Gasteiger partial charge in [0, 0.05) is 42.8 Å². The largest absolute Gasteiger partial charge is 0.394 e. The highest BCUT2D eigenvalue weighted by molar-refractivity contribution is 5.97. The van der Waals surface area contributed by atoms with Crippen LogP contribution in [0.2, 0.25) is 0 Å². The molecule has 7 rings (SSSR count). The maximum Gasteiger partial charge on any atom is 0.255 e. The lowest BCUT2D eigenvalue weighted by Gasteiger charge is -2.45. The Balaban J connectivity index is 1.04. The molecule has 2 aliphatic heterocycles. The van der Waals surface area contributed by atoms with E-state index in [1.807, 2.05) is 0 Å². The van der Waals surface area contributed by atoms with E-state index in [1.165, 1.54) is 101 Å². The zero-order valence-corrected chi connectivity index (χ0v) is 30.6. The van der Waals surface area contributed by atoms with Crippen molar-refractivity contribution in [1.29, 1.82) is 0 Å². The summed E-state index contributed by atoms with van der Waals surface area (Å²) in [5.41, 5.74) is 1.78. The van der Waals surface area contributed by atoms with Crippen LogP contribution in [-0.2, 0) is 9.47 Å². The number of amides is 2. The second-order valence-corrected chi connectivity index (χ2v) is 13.9. The van der Waals surface area contributed by atoms with Crippen LogP contribution in [0.1, 0.15) is 39.2 Å². The first-order chi connectivity index (χ1) is 27.4. The number of hydrogen-bond donors (Lipinski definition) is 5. The number of likely N-dealkylation sites (N-methyl/N-ethyl adjacent to an activating group) is 1. The second kappa shape index (κ2) is 16.5. The summed E-state index contributed by atoms with van der Waals surface area (Å²) in [4.78, 5) is 29.8. The normalized spacial score (nSPS) is 26.2. The fraction of sp³-hybridized carbons (Fsp3) is 0.368. The number of aliphatic hydroxyl groups is 5. The van der Waals surface area contributed by atoms with Crippen molar-refractivity contribution in [3.8, 4) is 22.5 Å². The first kappa shape index (κ1) is 39.7.